The third-order valence-electron chi connectivity index (χ3n) is 2.88. The highest BCUT2D eigenvalue weighted by Gasteiger charge is 2.27. The smallest absolute Gasteiger partial charge is 0.237 e. The summed E-state index contributed by atoms with van der Waals surface area (Å²) < 4.78 is 24.3. The Balaban J connectivity index is 2.31. The quantitative estimate of drug-likeness (QED) is 0.674. The van der Waals surface area contributed by atoms with Crippen LogP contribution in [0.3, 0.4) is 0 Å². The first kappa shape index (κ1) is 14.4. The van der Waals surface area contributed by atoms with E-state index < -0.39 is 16.1 Å². The van der Waals surface area contributed by atoms with Crippen LogP contribution in [-0.2, 0) is 14.8 Å². The summed E-state index contributed by atoms with van der Waals surface area (Å²) in [5, 5.41) is 2.66. The number of nitrogens with two attached hydrogens (primary N) is 1. The molecule has 7 heteroatoms. The number of carbonyl (C=O) groups is 1. The number of carbonyl (C=O) groups excluding carboxylic acids is 1. The van der Waals surface area contributed by atoms with E-state index in [1.165, 1.54) is 4.31 Å². The average molecular weight is 263 g/mol. The second-order valence-corrected chi connectivity index (χ2v) is 6.72. The molecule has 0 spiro atoms. The first-order chi connectivity index (χ1) is 7.84. The molecule has 0 aromatic heterocycles. The Kier molecular flexibility index (Phi) is 4.91. The van der Waals surface area contributed by atoms with Gasteiger partial charge in [0.25, 0.3) is 0 Å². The van der Waals surface area contributed by atoms with Gasteiger partial charge >= 0.3 is 0 Å². The minimum Gasteiger partial charge on any atom is -0.353 e. The zero-order chi connectivity index (χ0) is 13.1. The molecule has 3 N–H and O–H groups in total. The molecule has 0 saturated carbocycles. The molecule has 0 radical (unpaired) electrons. The van der Waals surface area contributed by atoms with Crippen molar-refractivity contribution in [1.29, 1.82) is 0 Å². The van der Waals surface area contributed by atoms with E-state index in [-0.39, 0.29) is 17.6 Å². The van der Waals surface area contributed by atoms with E-state index in [1.807, 2.05) is 13.8 Å². The van der Waals surface area contributed by atoms with Crippen molar-refractivity contribution in [3.63, 3.8) is 0 Å². The molecule has 17 heavy (non-hydrogen) atoms. The molecule has 1 saturated heterocycles. The highest BCUT2D eigenvalue weighted by atomic mass is 32.2. The van der Waals surface area contributed by atoms with Gasteiger partial charge in [0.2, 0.25) is 15.9 Å². The maximum absolute atomic E-state index is 11.5. The number of sulfonamides is 1. The molecule has 1 rings (SSSR count). The summed E-state index contributed by atoms with van der Waals surface area (Å²) in [7, 11) is -3.07. The van der Waals surface area contributed by atoms with E-state index in [4.69, 9.17) is 5.73 Å². The van der Waals surface area contributed by atoms with Gasteiger partial charge in [-0.2, -0.15) is 0 Å². The second kappa shape index (κ2) is 5.79. The van der Waals surface area contributed by atoms with Gasteiger partial charge in [-0.15, -0.1) is 0 Å². The highest BCUT2D eigenvalue weighted by Crippen LogP contribution is 2.11. The van der Waals surface area contributed by atoms with Gasteiger partial charge in [0.15, 0.2) is 0 Å². The average Bonchev–Trinajstić information content (AvgIpc) is 2.56. The minimum absolute atomic E-state index is 0.0746. The molecule has 1 atom stereocenters. The summed E-state index contributed by atoms with van der Waals surface area (Å²) in [6.07, 6.45) is 0.668. The predicted molar refractivity (Wildman–Crippen MR) is 65.8 cm³/mol. The van der Waals surface area contributed by atoms with E-state index in [0.717, 1.165) is 0 Å². The predicted octanol–water partition coefficient (Wildman–Crippen LogP) is -0.879. The van der Waals surface area contributed by atoms with Crippen LogP contribution in [0.2, 0.25) is 0 Å². The number of nitrogens with zero attached hydrogens (tertiary/aromatic N) is 1. The zero-order valence-corrected chi connectivity index (χ0v) is 11.2. The van der Waals surface area contributed by atoms with Crippen LogP contribution in [0.5, 0.6) is 0 Å². The first-order valence-corrected chi connectivity index (χ1v) is 7.46. The molecule has 0 aromatic carbocycles. The van der Waals surface area contributed by atoms with Gasteiger partial charge in [0.05, 0.1) is 11.8 Å². The fraction of sp³-hybridized carbons (Fsp3) is 0.900. The van der Waals surface area contributed by atoms with Crippen LogP contribution in [0.25, 0.3) is 0 Å². The van der Waals surface area contributed by atoms with E-state index in [1.54, 1.807) is 0 Å². The van der Waals surface area contributed by atoms with Crippen LogP contribution in [0.4, 0.5) is 0 Å². The van der Waals surface area contributed by atoms with Gasteiger partial charge in [-0.25, -0.2) is 12.7 Å². The van der Waals surface area contributed by atoms with Gasteiger partial charge in [0.1, 0.15) is 0 Å². The van der Waals surface area contributed by atoms with Crippen molar-refractivity contribution in [3.05, 3.63) is 0 Å². The van der Waals surface area contributed by atoms with E-state index >= 15 is 0 Å². The van der Waals surface area contributed by atoms with Crippen molar-refractivity contribution < 1.29 is 13.2 Å². The number of rotatable bonds is 5. The Morgan fingerprint density at radius 2 is 2.12 bits per heavy atom. The molecule has 100 valence electrons. The molecule has 6 nitrogen and oxygen atoms in total. The number of hydrogen-bond donors (Lipinski definition) is 2. The molecule has 1 aliphatic heterocycles. The van der Waals surface area contributed by atoms with Crippen molar-refractivity contribution in [1.82, 2.24) is 9.62 Å². The zero-order valence-electron chi connectivity index (χ0n) is 10.3. The van der Waals surface area contributed by atoms with Gasteiger partial charge in [-0.1, -0.05) is 13.8 Å². The standard InChI is InChI=1S/C10H21N3O3S/c1-8(2)9(11)10(14)12-4-6-13-5-3-7-17(13,15)16/h8-9H,3-7,11H2,1-2H3,(H,12,14)/t9-/m0/s1. The van der Waals surface area contributed by atoms with Crippen molar-refractivity contribution in [3.8, 4) is 0 Å². The van der Waals surface area contributed by atoms with Crippen LogP contribution in [0.15, 0.2) is 0 Å². The fourth-order valence-electron chi connectivity index (χ4n) is 1.67. The Bertz CT molecular complexity index is 367. The van der Waals surface area contributed by atoms with E-state index in [0.29, 0.717) is 26.1 Å². The summed E-state index contributed by atoms with van der Waals surface area (Å²) >= 11 is 0. The lowest BCUT2D eigenvalue weighted by molar-refractivity contribution is -0.123. The Hall–Kier alpha value is -0.660. The third-order valence-corrected chi connectivity index (χ3v) is 4.84. The highest BCUT2D eigenvalue weighted by molar-refractivity contribution is 7.89. The maximum atomic E-state index is 11.5. The number of amides is 1. The van der Waals surface area contributed by atoms with Crippen LogP contribution in [0, 0.1) is 5.92 Å². The fourth-order valence-corrected chi connectivity index (χ4v) is 3.20. The molecule has 1 heterocycles. The van der Waals surface area contributed by atoms with Crippen LogP contribution >= 0.6 is 0 Å². The lowest BCUT2D eigenvalue weighted by Crippen LogP contribution is -2.46. The first-order valence-electron chi connectivity index (χ1n) is 5.85. The third kappa shape index (κ3) is 3.93. The summed E-state index contributed by atoms with van der Waals surface area (Å²) in [5.74, 6) is 0.0639. The monoisotopic (exact) mass is 263 g/mol. The Labute approximate surface area is 103 Å². The van der Waals surface area contributed by atoms with Crippen molar-refractivity contribution in [2.45, 2.75) is 26.3 Å². The molecule has 0 bridgehead atoms. The lowest BCUT2D eigenvalue weighted by Gasteiger charge is -2.17. The summed E-state index contributed by atoms with van der Waals surface area (Å²) in [6.45, 7) is 4.94. The van der Waals surface area contributed by atoms with Crippen molar-refractivity contribution in [2.75, 3.05) is 25.4 Å². The van der Waals surface area contributed by atoms with Gasteiger partial charge in [-0.05, 0) is 12.3 Å². The van der Waals surface area contributed by atoms with Crippen LogP contribution in [0.1, 0.15) is 20.3 Å². The second-order valence-electron chi connectivity index (χ2n) is 4.63. The molecule has 1 aliphatic rings. The SMILES string of the molecule is CC(C)[C@H](N)C(=O)NCCN1CCCS1(=O)=O. The topological polar surface area (TPSA) is 92.5 Å². The molecule has 1 amide bonds. The summed E-state index contributed by atoms with van der Waals surface area (Å²) in [4.78, 5) is 11.5. The van der Waals surface area contributed by atoms with Gasteiger partial charge in [0, 0.05) is 19.6 Å². The molecule has 0 aromatic rings. The van der Waals surface area contributed by atoms with Crippen molar-refractivity contribution in [2.24, 2.45) is 11.7 Å². The van der Waals surface area contributed by atoms with Crippen LogP contribution < -0.4 is 11.1 Å². The molecule has 0 aliphatic carbocycles. The molecule has 1 fully saturated rings. The van der Waals surface area contributed by atoms with Crippen LogP contribution in [-0.4, -0.2) is 50.1 Å². The lowest BCUT2D eigenvalue weighted by atomic mass is 10.1. The van der Waals surface area contributed by atoms with Gasteiger partial charge in [-0.3, -0.25) is 4.79 Å². The number of nitrogens with one attached hydrogen (secondary N) is 1. The van der Waals surface area contributed by atoms with Crippen molar-refractivity contribution >= 4 is 15.9 Å². The Morgan fingerprint density at radius 3 is 2.59 bits per heavy atom. The van der Waals surface area contributed by atoms with E-state index in [2.05, 4.69) is 5.32 Å². The molecular weight excluding hydrogens is 242 g/mol. The summed E-state index contributed by atoms with van der Waals surface area (Å²) in [6, 6.07) is -0.537. The number of hydrogen-bond acceptors (Lipinski definition) is 4. The normalized spacial score (nSPS) is 21.6. The molecular formula is C10H21N3O3S. The summed E-state index contributed by atoms with van der Waals surface area (Å²) in [5.41, 5.74) is 5.66. The largest absolute Gasteiger partial charge is 0.353 e. The molecule has 0 unspecified atom stereocenters. The van der Waals surface area contributed by atoms with Gasteiger partial charge < -0.3 is 11.1 Å². The Morgan fingerprint density at radius 1 is 1.47 bits per heavy atom. The maximum Gasteiger partial charge on any atom is 0.237 e. The minimum atomic E-state index is -3.07. The van der Waals surface area contributed by atoms with E-state index in [9.17, 15) is 13.2 Å².